The molecule has 0 aliphatic heterocycles. The molecule has 0 aliphatic carbocycles. The molecule has 114 valence electrons. The Kier molecular flexibility index (Phi) is 3.69. The summed E-state index contributed by atoms with van der Waals surface area (Å²) in [5.41, 5.74) is 3.17. The summed E-state index contributed by atoms with van der Waals surface area (Å²) in [6.45, 7) is 0. The summed E-state index contributed by atoms with van der Waals surface area (Å²) < 4.78 is 25.9. The number of aryl methyl sites for hydroxylation is 1. The van der Waals surface area contributed by atoms with Crippen LogP contribution in [0.1, 0.15) is 0 Å². The summed E-state index contributed by atoms with van der Waals surface area (Å²) in [7, 11) is -2.01. The minimum atomic E-state index is -3.74. The third-order valence-corrected chi connectivity index (χ3v) is 4.47. The molecule has 0 fully saturated rings. The molecular weight excluding hydrogens is 328 g/mol. The van der Waals surface area contributed by atoms with E-state index in [1.807, 2.05) is 0 Å². The molecule has 0 saturated carbocycles. The SMILES string of the molecule is Cn1ncc2c(NNS(=O)(=O)c3ccc(Cl)cc3)ncnc21. The summed E-state index contributed by atoms with van der Waals surface area (Å²) in [6.07, 6.45) is 2.87. The van der Waals surface area contributed by atoms with Gasteiger partial charge in [0.2, 0.25) is 0 Å². The number of aromatic nitrogens is 4. The van der Waals surface area contributed by atoms with Gasteiger partial charge in [-0.1, -0.05) is 11.6 Å². The number of hydrogen-bond donors (Lipinski definition) is 2. The third kappa shape index (κ3) is 2.73. The quantitative estimate of drug-likeness (QED) is 0.696. The zero-order valence-electron chi connectivity index (χ0n) is 11.4. The Labute approximate surface area is 131 Å². The van der Waals surface area contributed by atoms with Crippen LogP contribution in [0, 0.1) is 0 Å². The van der Waals surface area contributed by atoms with Gasteiger partial charge in [0, 0.05) is 12.1 Å². The predicted octanol–water partition coefficient (Wildman–Crippen LogP) is 1.32. The molecule has 0 bridgehead atoms. The van der Waals surface area contributed by atoms with Gasteiger partial charge in [0.25, 0.3) is 10.0 Å². The predicted molar refractivity (Wildman–Crippen MR) is 81.7 cm³/mol. The van der Waals surface area contributed by atoms with Crippen LogP contribution in [-0.4, -0.2) is 28.2 Å². The Morgan fingerprint density at radius 1 is 1.18 bits per heavy atom. The maximum Gasteiger partial charge on any atom is 0.257 e. The van der Waals surface area contributed by atoms with E-state index in [9.17, 15) is 8.42 Å². The van der Waals surface area contributed by atoms with Crippen molar-refractivity contribution in [2.75, 3.05) is 5.43 Å². The van der Waals surface area contributed by atoms with E-state index >= 15 is 0 Å². The van der Waals surface area contributed by atoms with Gasteiger partial charge in [-0.2, -0.15) is 5.10 Å². The van der Waals surface area contributed by atoms with Gasteiger partial charge in [-0.05, 0) is 24.3 Å². The molecule has 0 radical (unpaired) electrons. The van der Waals surface area contributed by atoms with Gasteiger partial charge in [0.05, 0.1) is 16.5 Å². The fourth-order valence-corrected chi connectivity index (χ4v) is 2.82. The number of halogens is 1. The molecule has 0 spiro atoms. The molecular formula is C12H11ClN6O2S. The van der Waals surface area contributed by atoms with E-state index in [0.717, 1.165) is 0 Å². The molecule has 8 nitrogen and oxygen atoms in total. The van der Waals surface area contributed by atoms with Gasteiger partial charge in [-0.3, -0.25) is 10.1 Å². The molecule has 0 aliphatic rings. The molecule has 0 atom stereocenters. The molecule has 3 rings (SSSR count). The molecule has 2 aromatic heterocycles. The monoisotopic (exact) mass is 338 g/mol. The number of fused-ring (bicyclic) bond motifs is 1. The van der Waals surface area contributed by atoms with Crippen LogP contribution in [0.25, 0.3) is 11.0 Å². The first-order chi connectivity index (χ1) is 10.5. The normalized spacial score (nSPS) is 11.7. The minimum Gasteiger partial charge on any atom is -0.291 e. The maximum absolute atomic E-state index is 12.2. The van der Waals surface area contributed by atoms with Crippen LogP contribution in [0.5, 0.6) is 0 Å². The number of hydrazine groups is 1. The Balaban J connectivity index is 1.86. The van der Waals surface area contributed by atoms with Crippen LogP contribution >= 0.6 is 11.6 Å². The molecule has 0 saturated heterocycles. The molecule has 0 unspecified atom stereocenters. The van der Waals surface area contributed by atoms with Crippen molar-refractivity contribution >= 4 is 38.5 Å². The van der Waals surface area contributed by atoms with Crippen LogP contribution in [0.15, 0.2) is 41.7 Å². The lowest BCUT2D eigenvalue weighted by atomic mass is 10.4. The Hall–Kier alpha value is -2.23. The van der Waals surface area contributed by atoms with Crippen molar-refractivity contribution in [3.63, 3.8) is 0 Å². The van der Waals surface area contributed by atoms with Crippen molar-refractivity contribution in [2.24, 2.45) is 7.05 Å². The summed E-state index contributed by atoms with van der Waals surface area (Å²) in [5.74, 6) is 0.315. The van der Waals surface area contributed by atoms with Gasteiger partial charge in [0.1, 0.15) is 6.33 Å². The molecule has 2 N–H and O–H groups in total. The third-order valence-electron chi connectivity index (χ3n) is 2.96. The zero-order chi connectivity index (χ0) is 15.7. The molecule has 22 heavy (non-hydrogen) atoms. The number of benzene rings is 1. The van der Waals surface area contributed by atoms with Crippen LogP contribution in [0.3, 0.4) is 0 Å². The number of sulfonamides is 1. The number of nitrogens with one attached hydrogen (secondary N) is 2. The largest absolute Gasteiger partial charge is 0.291 e. The molecule has 0 amide bonds. The first-order valence-corrected chi connectivity index (χ1v) is 7.99. The van der Waals surface area contributed by atoms with Crippen LogP contribution in [-0.2, 0) is 17.1 Å². The van der Waals surface area contributed by atoms with E-state index in [-0.39, 0.29) is 4.90 Å². The standard InChI is InChI=1S/C12H11ClN6O2S/c1-19-12-10(6-16-19)11(14-7-15-12)17-18-22(20,21)9-4-2-8(13)3-5-9/h2-7,18H,1H3,(H,14,15,17). The second-order valence-corrected chi connectivity index (χ2v) is 6.53. The number of anilines is 1. The highest BCUT2D eigenvalue weighted by Gasteiger charge is 2.15. The van der Waals surface area contributed by atoms with Gasteiger partial charge in [0.15, 0.2) is 11.5 Å². The van der Waals surface area contributed by atoms with Gasteiger partial charge in [-0.25, -0.2) is 18.4 Å². The summed E-state index contributed by atoms with van der Waals surface area (Å²) in [5, 5.41) is 5.11. The van der Waals surface area contributed by atoms with Gasteiger partial charge in [-0.15, -0.1) is 4.83 Å². The Morgan fingerprint density at radius 3 is 2.64 bits per heavy atom. The number of hydrogen-bond acceptors (Lipinski definition) is 6. The van der Waals surface area contributed by atoms with E-state index in [4.69, 9.17) is 11.6 Å². The lowest BCUT2D eigenvalue weighted by Crippen LogP contribution is -2.30. The van der Waals surface area contributed by atoms with Crippen LogP contribution in [0.2, 0.25) is 5.02 Å². The van der Waals surface area contributed by atoms with Crippen molar-refractivity contribution < 1.29 is 8.42 Å². The molecule has 10 heteroatoms. The second kappa shape index (κ2) is 5.52. The second-order valence-electron chi connectivity index (χ2n) is 4.41. The lowest BCUT2D eigenvalue weighted by Gasteiger charge is -2.09. The van der Waals surface area contributed by atoms with Crippen molar-refractivity contribution in [3.05, 3.63) is 41.8 Å². The van der Waals surface area contributed by atoms with Crippen LogP contribution < -0.4 is 10.3 Å². The highest BCUT2D eigenvalue weighted by Crippen LogP contribution is 2.18. The smallest absolute Gasteiger partial charge is 0.257 e. The Bertz CT molecular complexity index is 922. The average molecular weight is 339 g/mol. The lowest BCUT2D eigenvalue weighted by molar-refractivity contribution is 0.587. The van der Waals surface area contributed by atoms with Crippen LogP contribution in [0.4, 0.5) is 5.82 Å². The minimum absolute atomic E-state index is 0.0842. The average Bonchev–Trinajstić information content (AvgIpc) is 2.88. The van der Waals surface area contributed by atoms with E-state index < -0.39 is 10.0 Å². The summed E-state index contributed by atoms with van der Waals surface area (Å²) in [6, 6.07) is 5.82. The molecule has 2 heterocycles. The van der Waals surface area contributed by atoms with E-state index in [1.165, 1.54) is 30.6 Å². The highest BCUT2D eigenvalue weighted by atomic mass is 35.5. The first kappa shape index (κ1) is 14.7. The van der Waals surface area contributed by atoms with E-state index in [2.05, 4.69) is 25.3 Å². The zero-order valence-corrected chi connectivity index (χ0v) is 12.9. The fourth-order valence-electron chi connectivity index (χ4n) is 1.85. The van der Waals surface area contributed by atoms with Gasteiger partial charge < -0.3 is 0 Å². The van der Waals surface area contributed by atoms with Crippen molar-refractivity contribution in [3.8, 4) is 0 Å². The van der Waals surface area contributed by atoms with Crippen molar-refractivity contribution in [1.82, 2.24) is 24.6 Å². The summed E-state index contributed by atoms with van der Waals surface area (Å²) in [4.78, 5) is 10.4. The summed E-state index contributed by atoms with van der Waals surface area (Å²) >= 11 is 5.75. The van der Waals surface area contributed by atoms with E-state index in [0.29, 0.717) is 21.9 Å². The number of rotatable bonds is 4. The Morgan fingerprint density at radius 2 is 1.91 bits per heavy atom. The van der Waals surface area contributed by atoms with Gasteiger partial charge >= 0.3 is 0 Å². The maximum atomic E-state index is 12.2. The van der Waals surface area contributed by atoms with Crippen molar-refractivity contribution in [2.45, 2.75) is 4.90 Å². The first-order valence-electron chi connectivity index (χ1n) is 6.13. The molecule has 3 aromatic rings. The molecule has 1 aromatic carbocycles. The number of nitrogens with zero attached hydrogens (tertiary/aromatic N) is 4. The van der Waals surface area contributed by atoms with Crippen molar-refractivity contribution in [1.29, 1.82) is 0 Å². The highest BCUT2D eigenvalue weighted by molar-refractivity contribution is 7.89. The topological polar surface area (TPSA) is 102 Å². The fraction of sp³-hybridized carbons (Fsp3) is 0.0833. The van der Waals surface area contributed by atoms with E-state index in [1.54, 1.807) is 17.9 Å².